The standard InChI is InChI=1S/C12H14BrFO/c1-7(2)9-5-8(12(15)3-4-12)6-10(13)11(9)14/h5-7,15H,3-4H2,1-2H3. The van der Waals surface area contributed by atoms with E-state index < -0.39 is 5.60 Å². The molecule has 1 nitrogen and oxygen atoms in total. The molecule has 82 valence electrons. The van der Waals surface area contributed by atoms with Crippen molar-refractivity contribution in [1.82, 2.24) is 0 Å². The molecule has 0 spiro atoms. The Morgan fingerprint density at radius 3 is 2.47 bits per heavy atom. The molecule has 0 heterocycles. The van der Waals surface area contributed by atoms with Crippen molar-refractivity contribution in [3.63, 3.8) is 0 Å². The van der Waals surface area contributed by atoms with Crippen molar-refractivity contribution in [2.45, 2.75) is 38.2 Å². The lowest BCUT2D eigenvalue weighted by Crippen LogP contribution is -2.07. The molecule has 0 saturated heterocycles. The van der Waals surface area contributed by atoms with Crippen LogP contribution in [0, 0.1) is 5.82 Å². The van der Waals surface area contributed by atoms with Crippen LogP contribution in [0.1, 0.15) is 43.7 Å². The summed E-state index contributed by atoms with van der Waals surface area (Å²) in [6.07, 6.45) is 1.56. The van der Waals surface area contributed by atoms with Gasteiger partial charge in [0.1, 0.15) is 5.82 Å². The zero-order chi connectivity index (χ0) is 11.2. The molecule has 1 aromatic rings. The Balaban J connectivity index is 2.51. The topological polar surface area (TPSA) is 20.2 Å². The van der Waals surface area contributed by atoms with E-state index in [-0.39, 0.29) is 11.7 Å². The fraction of sp³-hybridized carbons (Fsp3) is 0.500. The van der Waals surface area contributed by atoms with Crippen molar-refractivity contribution in [2.24, 2.45) is 0 Å². The molecule has 0 atom stereocenters. The van der Waals surface area contributed by atoms with Crippen LogP contribution in [-0.4, -0.2) is 5.11 Å². The number of rotatable bonds is 2. The number of benzene rings is 1. The summed E-state index contributed by atoms with van der Waals surface area (Å²) in [7, 11) is 0. The van der Waals surface area contributed by atoms with Crippen molar-refractivity contribution in [2.75, 3.05) is 0 Å². The lowest BCUT2D eigenvalue weighted by molar-refractivity contribution is 0.151. The summed E-state index contributed by atoms with van der Waals surface area (Å²) >= 11 is 3.20. The molecule has 2 rings (SSSR count). The summed E-state index contributed by atoms with van der Waals surface area (Å²) in [6, 6.07) is 3.48. The molecular formula is C12H14BrFO. The van der Waals surface area contributed by atoms with Gasteiger partial charge in [0, 0.05) is 0 Å². The highest BCUT2D eigenvalue weighted by Gasteiger charge is 2.42. The van der Waals surface area contributed by atoms with Crippen molar-refractivity contribution in [3.8, 4) is 0 Å². The molecule has 1 fully saturated rings. The molecule has 0 aromatic heterocycles. The van der Waals surface area contributed by atoms with Gasteiger partial charge in [-0.25, -0.2) is 4.39 Å². The first-order chi connectivity index (χ1) is 6.94. The minimum absolute atomic E-state index is 0.128. The van der Waals surface area contributed by atoms with Gasteiger partial charge in [-0.1, -0.05) is 13.8 Å². The van der Waals surface area contributed by atoms with Crippen LogP contribution in [0.3, 0.4) is 0 Å². The maximum Gasteiger partial charge on any atom is 0.140 e. The molecule has 1 N–H and O–H groups in total. The maximum absolute atomic E-state index is 13.7. The van der Waals surface area contributed by atoms with Crippen LogP contribution in [0.15, 0.2) is 16.6 Å². The van der Waals surface area contributed by atoms with E-state index in [1.807, 2.05) is 13.8 Å². The lowest BCUT2D eigenvalue weighted by Gasteiger charge is -2.14. The van der Waals surface area contributed by atoms with Crippen molar-refractivity contribution in [1.29, 1.82) is 0 Å². The fourth-order valence-electron chi connectivity index (χ4n) is 1.71. The molecule has 0 radical (unpaired) electrons. The Kier molecular flexibility index (Phi) is 2.63. The molecule has 1 saturated carbocycles. The van der Waals surface area contributed by atoms with Crippen LogP contribution in [0.4, 0.5) is 4.39 Å². The van der Waals surface area contributed by atoms with E-state index in [9.17, 15) is 9.50 Å². The monoisotopic (exact) mass is 272 g/mol. The van der Waals surface area contributed by atoms with Crippen molar-refractivity contribution < 1.29 is 9.50 Å². The lowest BCUT2D eigenvalue weighted by atomic mass is 9.97. The van der Waals surface area contributed by atoms with Gasteiger partial charge in [-0.2, -0.15) is 0 Å². The summed E-state index contributed by atoms with van der Waals surface area (Å²) < 4.78 is 14.2. The van der Waals surface area contributed by atoms with Gasteiger partial charge >= 0.3 is 0 Å². The SMILES string of the molecule is CC(C)c1cc(C2(O)CC2)cc(Br)c1F. The second-order valence-corrected chi connectivity index (χ2v) is 5.40. The maximum atomic E-state index is 13.7. The third-order valence-corrected chi connectivity index (χ3v) is 3.52. The molecule has 1 aliphatic carbocycles. The third kappa shape index (κ3) is 1.95. The Hall–Kier alpha value is -0.410. The summed E-state index contributed by atoms with van der Waals surface area (Å²) in [4.78, 5) is 0. The number of halogens is 2. The molecular weight excluding hydrogens is 259 g/mol. The van der Waals surface area contributed by atoms with Gasteiger partial charge in [0.15, 0.2) is 0 Å². The van der Waals surface area contributed by atoms with Crippen molar-refractivity contribution >= 4 is 15.9 Å². The van der Waals surface area contributed by atoms with Crippen LogP contribution in [0.5, 0.6) is 0 Å². The summed E-state index contributed by atoms with van der Waals surface area (Å²) in [5.74, 6) is -0.0819. The van der Waals surface area contributed by atoms with E-state index in [2.05, 4.69) is 15.9 Å². The summed E-state index contributed by atoms with van der Waals surface area (Å²) in [5, 5.41) is 9.98. The van der Waals surface area contributed by atoms with E-state index in [0.717, 1.165) is 18.4 Å². The molecule has 0 unspecified atom stereocenters. The van der Waals surface area contributed by atoms with E-state index in [1.54, 1.807) is 12.1 Å². The molecule has 1 aromatic carbocycles. The molecule has 0 amide bonds. The number of hydrogen-bond donors (Lipinski definition) is 1. The predicted octanol–water partition coefficient (Wildman–Crippen LogP) is 3.69. The van der Waals surface area contributed by atoms with Gasteiger partial charge in [-0.05, 0) is 57.9 Å². The number of aliphatic hydroxyl groups is 1. The van der Waals surface area contributed by atoms with Crippen LogP contribution < -0.4 is 0 Å². The molecule has 15 heavy (non-hydrogen) atoms. The smallest absolute Gasteiger partial charge is 0.140 e. The van der Waals surface area contributed by atoms with Gasteiger partial charge in [0.2, 0.25) is 0 Å². The normalized spacial score (nSPS) is 18.3. The molecule has 1 aliphatic rings. The van der Waals surface area contributed by atoms with Gasteiger partial charge in [0.05, 0.1) is 10.1 Å². The first-order valence-corrected chi connectivity index (χ1v) is 5.95. The Morgan fingerprint density at radius 1 is 1.40 bits per heavy atom. The highest BCUT2D eigenvalue weighted by atomic mass is 79.9. The summed E-state index contributed by atoms with van der Waals surface area (Å²) in [6.45, 7) is 3.90. The average molecular weight is 273 g/mol. The van der Waals surface area contributed by atoms with Gasteiger partial charge < -0.3 is 5.11 Å². The zero-order valence-electron chi connectivity index (χ0n) is 8.85. The minimum Gasteiger partial charge on any atom is -0.385 e. The molecule has 0 aliphatic heterocycles. The highest BCUT2D eigenvalue weighted by Crippen LogP contribution is 2.46. The average Bonchev–Trinajstić information content (AvgIpc) is 2.89. The fourth-order valence-corrected chi connectivity index (χ4v) is 2.18. The predicted molar refractivity (Wildman–Crippen MR) is 61.3 cm³/mol. The van der Waals surface area contributed by atoms with E-state index in [4.69, 9.17) is 0 Å². The van der Waals surface area contributed by atoms with Gasteiger partial charge in [-0.3, -0.25) is 0 Å². The second-order valence-electron chi connectivity index (χ2n) is 4.55. The van der Waals surface area contributed by atoms with Gasteiger partial charge in [-0.15, -0.1) is 0 Å². The Labute approximate surface area is 97.4 Å². The van der Waals surface area contributed by atoms with E-state index in [1.165, 1.54) is 0 Å². The van der Waals surface area contributed by atoms with Crippen LogP contribution in [0.25, 0.3) is 0 Å². The van der Waals surface area contributed by atoms with E-state index >= 15 is 0 Å². The molecule has 0 bridgehead atoms. The largest absolute Gasteiger partial charge is 0.385 e. The van der Waals surface area contributed by atoms with Crippen molar-refractivity contribution in [3.05, 3.63) is 33.5 Å². The minimum atomic E-state index is -0.695. The second kappa shape index (κ2) is 3.56. The van der Waals surface area contributed by atoms with E-state index in [0.29, 0.717) is 10.0 Å². The van der Waals surface area contributed by atoms with Crippen LogP contribution >= 0.6 is 15.9 Å². The first-order valence-electron chi connectivity index (χ1n) is 5.16. The quantitative estimate of drug-likeness (QED) is 0.871. The Bertz CT molecular complexity index is 397. The third-order valence-electron chi connectivity index (χ3n) is 2.94. The van der Waals surface area contributed by atoms with Crippen LogP contribution in [-0.2, 0) is 5.60 Å². The first kappa shape index (κ1) is 11.1. The highest BCUT2D eigenvalue weighted by molar-refractivity contribution is 9.10. The zero-order valence-corrected chi connectivity index (χ0v) is 10.4. The Morgan fingerprint density at radius 2 is 2.00 bits per heavy atom. The van der Waals surface area contributed by atoms with Crippen LogP contribution in [0.2, 0.25) is 0 Å². The van der Waals surface area contributed by atoms with Gasteiger partial charge in [0.25, 0.3) is 0 Å². The summed E-state index contributed by atoms with van der Waals surface area (Å²) in [5.41, 5.74) is 0.805. The number of hydrogen-bond acceptors (Lipinski definition) is 1. The molecule has 3 heteroatoms.